The van der Waals surface area contributed by atoms with Gasteiger partial charge in [0, 0.05) is 5.56 Å². The normalized spacial score (nSPS) is 9.14. The summed E-state index contributed by atoms with van der Waals surface area (Å²) in [6.45, 7) is 0.0159. The van der Waals surface area contributed by atoms with E-state index in [4.69, 9.17) is 0 Å². The first-order valence-electron chi connectivity index (χ1n) is 3.69. The van der Waals surface area contributed by atoms with Crippen molar-refractivity contribution in [2.24, 2.45) is 0 Å². The molecule has 0 unspecified atom stereocenters. The minimum Gasteiger partial charge on any atom is -0.428 e. The lowest BCUT2D eigenvalue weighted by Gasteiger charge is -2.04. The summed E-state index contributed by atoms with van der Waals surface area (Å²) in [4.78, 5) is 24.1. The van der Waals surface area contributed by atoms with Crippen molar-refractivity contribution in [1.82, 2.24) is 0 Å². The molecule has 6 nitrogen and oxygen atoms in total. The molecule has 0 atom stereocenters. The van der Waals surface area contributed by atoms with Gasteiger partial charge < -0.3 is 9.57 Å². The number of carbonyl (C=O) groups is 1. The van der Waals surface area contributed by atoms with Crippen LogP contribution in [0.1, 0.15) is 5.56 Å². The second kappa shape index (κ2) is 4.80. The molecule has 0 spiro atoms. The Labute approximate surface area is 79.2 Å². The summed E-state index contributed by atoms with van der Waals surface area (Å²) >= 11 is 0. The van der Waals surface area contributed by atoms with Crippen LogP contribution < -0.4 is 4.74 Å². The van der Waals surface area contributed by atoms with Crippen LogP contribution in [0, 0.1) is 10.1 Å². The lowest BCUT2D eigenvalue weighted by molar-refractivity contribution is -0.763. The molecule has 0 amide bonds. The molecule has 1 aromatic carbocycles. The molecule has 0 aromatic heterocycles. The highest BCUT2D eigenvalue weighted by atomic mass is 16.9. The molecule has 14 heavy (non-hydrogen) atoms. The number of hydrogen-bond donors (Lipinski definition) is 0. The van der Waals surface area contributed by atoms with Crippen molar-refractivity contribution in [3.63, 3.8) is 0 Å². The third-order valence-corrected chi connectivity index (χ3v) is 1.47. The van der Waals surface area contributed by atoms with Crippen molar-refractivity contribution in [3.8, 4) is 5.75 Å². The number of para-hydroxylation sites is 1. The predicted molar refractivity (Wildman–Crippen MR) is 44.9 cm³/mol. The lowest BCUT2D eigenvalue weighted by atomic mass is 10.2. The summed E-state index contributed by atoms with van der Waals surface area (Å²) in [5, 5.41) is 9.01. The molecule has 6 heteroatoms. The molecule has 0 aliphatic heterocycles. The second-order valence-electron chi connectivity index (χ2n) is 2.32. The van der Waals surface area contributed by atoms with Gasteiger partial charge >= 0.3 is 0 Å². The fraction of sp³-hybridized carbons (Fsp3) is 0.125. The Hall–Kier alpha value is -2.11. The van der Waals surface area contributed by atoms with Gasteiger partial charge in [-0.15, -0.1) is 10.1 Å². The van der Waals surface area contributed by atoms with Crippen molar-refractivity contribution in [2.75, 3.05) is 0 Å². The molecule has 0 radical (unpaired) electrons. The fourth-order valence-electron chi connectivity index (χ4n) is 0.912. The summed E-state index contributed by atoms with van der Waals surface area (Å²) < 4.78 is 4.59. The third-order valence-electron chi connectivity index (χ3n) is 1.47. The summed E-state index contributed by atoms with van der Waals surface area (Å²) in [7, 11) is 0. The zero-order valence-corrected chi connectivity index (χ0v) is 7.08. The highest BCUT2D eigenvalue weighted by Gasteiger charge is 2.04. The number of nitrogens with zero attached hydrogens (tertiary/aromatic N) is 1. The molecule has 74 valence electrons. The second-order valence-corrected chi connectivity index (χ2v) is 2.32. The molecule has 0 aliphatic carbocycles. The summed E-state index contributed by atoms with van der Waals surface area (Å²) in [6.07, 6.45) is 0. The van der Waals surface area contributed by atoms with E-state index in [1.807, 2.05) is 0 Å². The van der Waals surface area contributed by atoms with Crippen molar-refractivity contribution < 1.29 is 19.5 Å². The Bertz CT molecular complexity index is 338. The van der Waals surface area contributed by atoms with Gasteiger partial charge in [0.1, 0.15) is 12.4 Å². The Morgan fingerprint density at radius 3 is 2.79 bits per heavy atom. The fourth-order valence-corrected chi connectivity index (χ4v) is 0.912. The van der Waals surface area contributed by atoms with E-state index >= 15 is 0 Å². The van der Waals surface area contributed by atoms with Crippen molar-refractivity contribution in [3.05, 3.63) is 39.9 Å². The van der Waals surface area contributed by atoms with E-state index in [0.29, 0.717) is 5.56 Å². The minimum atomic E-state index is -0.905. The van der Waals surface area contributed by atoms with Crippen LogP contribution in [0.3, 0.4) is 0 Å². The van der Waals surface area contributed by atoms with Crippen LogP contribution in [0.5, 0.6) is 5.75 Å². The van der Waals surface area contributed by atoms with Gasteiger partial charge in [0.15, 0.2) is 0 Å². The van der Waals surface area contributed by atoms with E-state index < -0.39 is 5.09 Å². The molecule has 0 fully saturated rings. The minimum absolute atomic E-state index is 0.239. The molecule has 0 saturated heterocycles. The van der Waals surface area contributed by atoms with Gasteiger partial charge in [-0.05, 0) is 6.07 Å². The molecule has 1 rings (SSSR count). The van der Waals surface area contributed by atoms with Crippen LogP contribution >= 0.6 is 0 Å². The van der Waals surface area contributed by atoms with Gasteiger partial charge in [0.25, 0.3) is 11.6 Å². The zero-order valence-electron chi connectivity index (χ0n) is 7.08. The van der Waals surface area contributed by atoms with E-state index in [9.17, 15) is 14.9 Å². The summed E-state index contributed by atoms with van der Waals surface area (Å²) in [5.74, 6) is 0.254. The van der Waals surface area contributed by atoms with Crippen LogP contribution in [-0.4, -0.2) is 11.6 Å². The van der Waals surface area contributed by atoms with Crippen molar-refractivity contribution >= 4 is 6.47 Å². The molecular formula is C8H7NO5. The average molecular weight is 197 g/mol. The Balaban J connectivity index is 2.73. The third kappa shape index (κ3) is 2.74. The lowest BCUT2D eigenvalue weighted by Crippen LogP contribution is -2.02. The first kappa shape index (κ1) is 9.97. The highest BCUT2D eigenvalue weighted by molar-refractivity contribution is 5.47. The maximum Gasteiger partial charge on any atom is 0.298 e. The van der Waals surface area contributed by atoms with Gasteiger partial charge in [-0.25, -0.2) is 0 Å². The molecular weight excluding hydrogens is 190 g/mol. The molecule has 0 heterocycles. The molecule has 1 aromatic rings. The average Bonchev–Trinajstić information content (AvgIpc) is 2.17. The largest absolute Gasteiger partial charge is 0.428 e. The van der Waals surface area contributed by atoms with E-state index in [2.05, 4.69) is 9.57 Å². The predicted octanol–water partition coefficient (Wildman–Crippen LogP) is 0.930. The van der Waals surface area contributed by atoms with Crippen LogP contribution in [0.25, 0.3) is 0 Å². The maximum absolute atomic E-state index is 10.1. The van der Waals surface area contributed by atoms with Gasteiger partial charge in [-0.2, -0.15) is 0 Å². The van der Waals surface area contributed by atoms with Gasteiger partial charge in [0.05, 0.1) is 0 Å². The van der Waals surface area contributed by atoms with Crippen LogP contribution in [0.4, 0.5) is 0 Å². The topological polar surface area (TPSA) is 78.7 Å². The number of carbonyl (C=O) groups excluding carboxylic acids is 1. The first-order chi connectivity index (χ1) is 6.74. The highest BCUT2D eigenvalue weighted by Crippen LogP contribution is 2.17. The van der Waals surface area contributed by atoms with E-state index in [1.54, 1.807) is 18.2 Å². The monoisotopic (exact) mass is 197 g/mol. The smallest absolute Gasteiger partial charge is 0.298 e. The molecule has 0 saturated carbocycles. The number of ether oxygens (including phenoxy) is 1. The maximum atomic E-state index is 10.1. The molecule has 0 aliphatic rings. The Morgan fingerprint density at radius 2 is 2.14 bits per heavy atom. The van der Waals surface area contributed by atoms with Crippen molar-refractivity contribution in [2.45, 2.75) is 6.61 Å². The molecule has 0 N–H and O–H groups in total. The quantitative estimate of drug-likeness (QED) is 0.398. The SMILES string of the molecule is O=COc1ccccc1CO[N+](=O)[O-]. The van der Waals surface area contributed by atoms with Crippen molar-refractivity contribution in [1.29, 1.82) is 0 Å². The van der Waals surface area contributed by atoms with E-state index in [-0.39, 0.29) is 18.8 Å². The van der Waals surface area contributed by atoms with Crippen LogP contribution in [0.2, 0.25) is 0 Å². The Morgan fingerprint density at radius 1 is 1.43 bits per heavy atom. The first-order valence-corrected chi connectivity index (χ1v) is 3.69. The summed E-state index contributed by atoms with van der Waals surface area (Å²) in [5.41, 5.74) is 0.441. The molecule has 0 bridgehead atoms. The summed E-state index contributed by atoms with van der Waals surface area (Å²) in [6, 6.07) is 6.40. The number of rotatable bonds is 5. The van der Waals surface area contributed by atoms with Gasteiger partial charge in [-0.3, -0.25) is 4.79 Å². The zero-order chi connectivity index (χ0) is 10.4. The standard InChI is InChI=1S/C8H7NO5/c10-6-13-8-4-2-1-3-7(8)5-14-9(11)12/h1-4,6H,5H2. The van der Waals surface area contributed by atoms with Crippen LogP contribution in [-0.2, 0) is 16.2 Å². The van der Waals surface area contributed by atoms with Crippen LogP contribution in [0.15, 0.2) is 24.3 Å². The Kier molecular flexibility index (Phi) is 3.42. The number of benzene rings is 1. The number of hydrogen-bond acceptors (Lipinski definition) is 5. The van der Waals surface area contributed by atoms with Gasteiger partial charge in [0.2, 0.25) is 0 Å². The van der Waals surface area contributed by atoms with E-state index in [0.717, 1.165) is 0 Å². The van der Waals surface area contributed by atoms with E-state index in [1.165, 1.54) is 6.07 Å². The van der Waals surface area contributed by atoms with Gasteiger partial charge in [-0.1, -0.05) is 18.2 Å².